The number of fused-ring (bicyclic) bond motifs is 1. The number of nitrogens with zero attached hydrogens (tertiary/aromatic N) is 3. The highest BCUT2D eigenvalue weighted by atomic mass is 35.5. The van der Waals surface area contributed by atoms with Crippen molar-refractivity contribution < 1.29 is 32.3 Å². The molecule has 14 heteroatoms. The predicted octanol–water partition coefficient (Wildman–Crippen LogP) is 6.20. The fourth-order valence-corrected chi connectivity index (χ4v) is 11.3. The van der Waals surface area contributed by atoms with Gasteiger partial charge in [0.1, 0.15) is 6.10 Å². The summed E-state index contributed by atoms with van der Waals surface area (Å²) >= 11 is 8.03. The van der Waals surface area contributed by atoms with Gasteiger partial charge < -0.3 is 9.64 Å². The summed E-state index contributed by atoms with van der Waals surface area (Å²) in [7, 11) is -3.80. The van der Waals surface area contributed by atoms with Gasteiger partial charge in [-0.3, -0.25) is 24.0 Å². The molecule has 3 heterocycles. The number of hydrogen-bond donors (Lipinski definition) is 1. The van der Waals surface area contributed by atoms with Gasteiger partial charge in [0.2, 0.25) is 21.8 Å². The van der Waals surface area contributed by atoms with Crippen LogP contribution in [0.3, 0.4) is 0 Å². The first-order valence-electron chi connectivity index (χ1n) is 19.0. The third-order valence-corrected chi connectivity index (χ3v) is 15.5. The minimum Gasteiger partial charge on any atom is -0.444 e. The number of carbonyl (C=O) groups is 4. The van der Waals surface area contributed by atoms with E-state index in [1.807, 2.05) is 25.3 Å². The van der Waals surface area contributed by atoms with E-state index < -0.39 is 44.8 Å². The molecule has 3 aliphatic carbocycles. The van der Waals surface area contributed by atoms with Crippen molar-refractivity contribution in [2.45, 2.75) is 128 Å². The van der Waals surface area contributed by atoms with E-state index in [0.29, 0.717) is 50.2 Å². The molecule has 52 heavy (non-hydrogen) atoms. The topological polar surface area (TPSA) is 143 Å². The number of halogens is 1. The first-order chi connectivity index (χ1) is 24.9. The van der Waals surface area contributed by atoms with Gasteiger partial charge >= 0.3 is 6.09 Å². The van der Waals surface area contributed by atoms with Crippen LogP contribution in [0.25, 0.3) is 0 Å². The van der Waals surface area contributed by atoms with Crippen LogP contribution in [0.4, 0.5) is 4.79 Å². The Kier molecular flexibility index (Phi) is 10.8. The summed E-state index contributed by atoms with van der Waals surface area (Å²) in [6.07, 6.45) is 8.99. The number of Topliss-reactive ketones (excluding diaryl/α,β-unsaturated/α-hetero) is 1. The molecule has 5 aliphatic rings. The molecule has 1 saturated heterocycles. The number of hydrogen-bond acceptors (Lipinski definition) is 9. The average Bonchev–Trinajstić information content (AvgIpc) is 3.94. The highest BCUT2D eigenvalue weighted by Crippen LogP contribution is 2.58. The monoisotopic (exact) mass is 772 g/mol. The second kappa shape index (κ2) is 15.0. The van der Waals surface area contributed by atoms with E-state index in [0.717, 1.165) is 59.5 Å². The van der Waals surface area contributed by atoms with Crippen molar-refractivity contribution in [3.63, 3.8) is 0 Å². The lowest BCUT2D eigenvalue weighted by Crippen LogP contribution is -2.48. The molecule has 4 fully saturated rings. The van der Waals surface area contributed by atoms with Crippen LogP contribution in [0.2, 0.25) is 5.02 Å². The number of aromatic nitrogens is 1. The van der Waals surface area contributed by atoms with Gasteiger partial charge in [0.15, 0.2) is 5.78 Å². The molecule has 2 aliphatic heterocycles. The predicted molar refractivity (Wildman–Crippen MR) is 197 cm³/mol. The van der Waals surface area contributed by atoms with Crippen LogP contribution in [-0.4, -0.2) is 70.8 Å². The average molecular weight is 773 g/mol. The van der Waals surface area contributed by atoms with E-state index in [9.17, 15) is 27.6 Å². The smallest absolute Gasteiger partial charge is 0.410 e. The highest BCUT2D eigenvalue weighted by molar-refractivity contribution is 7.90. The number of sulfonamides is 1. The van der Waals surface area contributed by atoms with Crippen molar-refractivity contribution in [2.24, 2.45) is 23.2 Å². The standard InChI is InChI=1S/C38H49ClN4O7S2/c1-3-25-17-38(25,36(46)41-52(48,49)28-13-14-28)18-33(44)32-15-26(50-37(47)42-20-24-11-8-12-31(39)30(24)22-42)21-43(32)35(45)29(23-9-6-5-7-10-23)16-34-40-19-27(4-2)51-34/h8,11-12,19,23,25-26,28-29,32H,3-7,9-10,13-18,20-22H2,1-2H3,(H,41,46)/t25-,26-,29+,32+,38-/m1/s1. The summed E-state index contributed by atoms with van der Waals surface area (Å²) in [5.41, 5.74) is 0.688. The number of thiazole rings is 1. The quantitative estimate of drug-likeness (QED) is 0.254. The molecule has 1 aromatic carbocycles. The Hall–Kier alpha value is -3.03. The molecule has 3 saturated carbocycles. The maximum absolute atomic E-state index is 14.8. The van der Waals surface area contributed by atoms with Gasteiger partial charge in [-0.15, -0.1) is 11.3 Å². The number of likely N-dealkylation sites (tertiary alicyclic amines) is 1. The maximum Gasteiger partial charge on any atom is 0.410 e. The zero-order valence-corrected chi connectivity index (χ0v) is 32.4. The number of nitrogens with one attached hydrogen (secondary N) is 1. The molecule has 282 valence electrons. The first-order valence-corrected chi connectivity index (χ1v) is 21.7. The van der Waals surface area contributed by atoms with E-state index in [2.05, 4.69) is 16.6 Å². The van der Waals surface area contributed by atoms with Crippen LogP contribution in [0.1, 0.15) is 105 Å². The summed E-state index contributed by atoms with van der Waals surface area (Å²) in [5, 5.41) is 0.919. The van der Waals surface area contributed by atoms with Crippen LogP contribution in [0.15, 0.2) is 24.4 Å². The van der Waals surface area contributed by atoms with Crippen molar-refractivity contribution in [2.75, 3.05) is 6.54 Å². The zero-order chi connectivity index (χ0) is 36.8. The second-order valence-corrected chi connectivity index (χ2v) is 19.1. The number of ether oxygens (including phenoxy) is 1. The Balaban J connectivity index is 1.13. The van der Waals surface area contributed by atoms with Gasteiger partial charge in [-0.1, -0.05) is 63.3 Å². The van der Waals surface area contributed by atoms with Gasteiger partial charge in [0.25, 0.3) is 0 Å². The molecule has 0 spiro atoms. The lowest BCUT2D eigenvalue weighted by atomic mass is 9.77. The Morgan fingerprint density at radius 3 is 2.52 bits per heavy atom. The second-order valence-electron chi connectivity index (χ2n) is 15.5. The van der Waals surface area contributed by atoms with Crippen molar-refractivity contribution in [3.8, 4) is 0 Å². The van der Waals surface area contributed by atoms with E-state index in [-0.39, 0.29) is 48.8 Å². The molecule has 1 N–H and O–H groups in total. The highest BCUT2D eigenvalue weighted by Gasteiger charge is 2.62. The summed E-state index contributed by atoms with van der Waals surface area (Å²) < 4.78 is 33.9. The molecule has 0 bridgehead atoms. The summed E-state index contributed by atoms with van der Waals surface area (Å²) in [4.78, 5) is 65.5. The molecular formula is C38H49ClN4O7S2. The largest absolute Gasteiger partial charge is 0.444 e. The zero-order valence-electron chi connectivity index (χ0n) is 30.0. The number of carbonyl (C=O) groups excluding carboxylic acids is 4. The molecule has 3 amide bonds. The van der Waals surface area contributed by atoms with Crippen LogP contribution in [0.5, 0.6) is 0 Å². The van der Waals surface area contributed by atoms with Crippen molar-refractivity contribution in [1.82, 2.24) is 19.5 Å². The van der Waals surface area contributed by atoms with Crippen LogP contribution < -0.4 is 4.72 Å². The van der Waals surface area contributed by atoms with Crippen molar-refractivity contribution >= 4 is 56.7 Å². The minimum atomic E-state index is -3.80. The van der Waals surface area contributed by atoms with E-state index in [4.69, 9.17) is 16.3 Å². The fraction of sp³-hybridized carbons (Fsp3) is 0.658. The molecule has 0 unspecified atom stereocenters. The number of ketones is 1. The maximum atomic E-state index is 14.8. The molecular weight excluding hydrogens is 724 g/mol. The first kappa shape index (κ1) is 37.3. The summed E-state index contributed by atoms with van der Waals surface area (Å²) in [5.74, 6) is -1.45. The molecule has 5 atom stereocenters. The normalized spacial score (nSPS) is 26.6. The summed E-state index contributed by atoms with van der Waals surface area (Å²) in [6, 6.07) is 4.66. The SMILES string of the molecule is CCc1cnc(C[C@H](C(=O)N2C[C@H](OC(=O)N3Cc4cccc(Cl)c4C3)C[C@H]2C(=O)C[C@]2(C(=O)NS(=O)(=O)C3CC3)C[C@H]2CC)C2CCCCC2)s1. The van der Waals surface area contributed by atoms with Gasteiger partial charge in [0, 0.05) is 47.8 Å². The number of aryl methyl sites for hydroxylation is 1. The van der Waals surface area contributed by atoms with Crippen LogP contribution in [0, 0.1) is 23.2 Å². The Morgan fingerprint density at radius 1 is 1.10 bits per heavy atom. The van der Waals surface area contributed by atoms with Crippen LogP contribution >= 0.6 is 22.9 Å². The number of rotatable bonds is 13. The lowest BCUT2D eigenvalue weighted by molar-refractivity contribution is -0.143. The van der Waals surface area contributed by atoms with Gasteiger partial charge in [-0.25, -0.2) is 18.2 Å². The molecule has 0 radical (unpaired) electrons. The van der Waals surface area contributed by atoms with Gasteiger partial charge in [-0.2, -0.15) is 0 Å². The van der Waals surface area contributed by atoms with Crippen LogP contribution in [-0.2, 0) is 55.1 Å². The van der Waals surface area contributed by atoms with E-state index in [1.165, 1.54) is 0 Å². The Labute approximate surface area is 315 Å². The van der Waals surface area contributed by atoms with Gasteiger partial charge in [0.05, 0.1) is 34.8 Å². The van der Waals surface area contributed by atoms with Gasteiger partial charge in [-0.05, 0) is 67.6 Å². The van der Waals surface area contributed by atoms with Crippen molar-refractivity contribution in [1.29, 1.82) is 0 Å². The molecule has 7 rings (SSSR count). The molecule has 2 aromatic rings. The number of benzene rings is 1. The lowest BCUT2D eigenvalue weighted by Gasteiger charge is -2.34. The Morgan fingerprint density at radius 2 is 1.87 bits per heavy atom. The third-order valence-electron chi connectivity index (χ3n) is 12.1. The number of amides is 3. The Bertz CT molecular complexity index is 1820. The van der Waals surface area contributed by atoms with E-state index in [1.54, 1.807) is 27.2 Å². The van der Waals surface area contributed by atoms with Crippen molar-refractivity contribution in [3.05, 3.63) is 50.4 Å². The molecule has 1 aromatic heterocycles. The third kappa shape index (κ3) is 7.64. The summed E-state index contributed by atoms with van der Waals surface area (Å²) in [6.45, 7) is 4.74. The molecule has 11 nitrogen and oxygen atoms in total. The fourth-order valence-electron chi connectivity index (χ4n) is 8.77. The minimum absolute atomic E-state index is 0.0658. The van der Waals surface area contributed by atoms with E-state index >= 15 is 0 Å².